The Hall–Kier alpha value is -1.58. The molecule has 0 unspecified atom stereocenters. The first-order valence-electron chi connectivity index (χ1n) is 3.10. The van der Waals surface area contributed by atoms with Crippen LogP contribution in [0.5, 0.6) is 0 Å². The number of rotatable bonds is 0. The van der Waals surface area contributed by atoms with Crippen molar-refractivity contribution >= 4 is 5.96 Å². The Morgan fingerprint density at radius 3 is 2.18 bits per heavy atom. The minimum absolute atomic E-state index is 0.333. The van der Waals surface area contributed by atoms with E-state index in [1.165, 1.54) is 0 Å². The molecule has 0 atom stereocenters. The molecule has 60 valence electrons. The summed E-state index contributed by atoms with van der Waals surface area (Å²) in [7, 11) is 0. The third kappa shape index (κ3) is 8.42. The molecule has 5 N–H and O–H groups in total. The van der Waals surface area contributed by atoms with Crippen molar-refractivity contribution in [2.75, 3.05) is 0 Å². The van der Waals surface area contributed by atoms with Gasteiger partial charge in [-0.25, -0.2) is 0 Å². The number of hydrogen-bond donors (Lipinski definition) is 3. The lowest BCUT2D eigenvalue weighted by Crippen LogP contribution is -2.20. The Balaban J connectivity index is 0.000000218. The molecule has 0 aromatic carbocycles. The van der Waals surface area contributed by atoms with Crippen LogP contribution in [0, 0.1) is 12.3 Å². The van der Waals surface area contributed by atoms with Crippen LogP contribution in [0.15, 0.2) is 24.4 Å². The van der Waals surface area contributed by atoms with Crippen LogP contribution in [0.3, 0.4) is 0 Å². The zero-order valence-corrected chi connectivity index (χ0v) is 6.41. The second-order valence-electron chi connectivity index (χ2n) is 1.93. The van der Waals surface area contributed by atoms with Crippen molar-refractivity contribution in [1.82, 2.24) is 4.98 Å². The van der Waals surface area contributed by atoms with Crippen molar-refractivity contribution in [3.05, 3.63) is 30.1 Å². The molecule has 1 aromatic heterocycles. The van der Waals surface area contributed by atoms with E-state index in [9.17, 15) is 0 Å². The van der Waals surface area contributed by atoms with Gasteiger partial charge in [-0.15, -0.1) is 0 Å². The fourth-order valence-electron chi connectivity index (χ4n) is 0.448. The molecule has 1 aromatic rings. The first-order valence-corrected chi connectivity index (χ1v) is 3.10. The lowest BCUT2D eigenvalue weighted by molar-refractivity contribution is 1.20. The summed E-state index contributed by atoms with van der Waals surface area (Å²) in [5.41, 5.74) is 10.0. The zero-order valence-electron chi connectivity index (χ0n) is 6.41. The average molecular weight is 152 g/mol. The van der Waals surface area contributed by atoms with E-state index in [4.69, 9.17) is 5.41 Å². The Bertz CT molecular complexity index is 203. The van der Waals surface area contributed by atoms with Gasteiger partial charge in [-0.05, 0) is 19.1 Å². The number of nitrogens with zero attached hydrogens (tertiary/aromatic N) is 1. The number of nitrogens with one attached hydrogen (secondary N) is 1. The summed E-state index contributed by atoms with van der Waals surface area (Å²) in [6, 6.07) is 5.86. The standard InChI is InChI=1S/C6H7N.CH5N3/c1-6-4-2-3-5-7-6;2-1(3)4/h2-5H,1H3;(H5,2,3,4). The van der Waals surface area contributed by atoms with Gasteiger partial charge in [-0.1, -0.05) is 6.07 Å². The third-order valence-corrected chi connectivity index (χ3v) is 0.813. The fraction of sp³-hybridized carbons (Fsp3) is 0.143. The summed E-state index contributed by atoms with van der Waals surface area (Å²) in [6.07, 6.45) is 1.79. The van der Waals surface area contributed by atoms with Crippen molar-refractivity contribution in [1.29, 1.82) is 5.41 Å². The van der Waals surface area contributed by atoms with Crippen molar-refractivity contribution in [2.24, 2.45) is 11.5 Å². The fourth-order valence-corrected chi connectivity index (χ4v) is 0.448. The molecule has 0 aliphatic heterocycles. The lowest BCUT2D eigenvalue weighted by Gasteiger charge is -1.82. The summed E-state index contributed by atoms with van der Waals surface area (Å²) in [5.74, 6) is -0.333. The monoisotopic (exact) mass is 152 g/mol. The van der Waals surface area contributed by atoms with Gasteiger partial charge in [0.25, 0.3) is 0 Å². The molecule has 0 radical (unpaired) electrons. The summed E-state index contributed by atoms with van der Waals surface area (Å²) in [4.78, 5) is 3.98. The van der Waals surface area contributed by atoms with E-state index in [1.54, 1.807) is 6.20 Å². The molecule has 0 spiro atoms. The molecule has 11 heavy (non-hydrogen) atoms. The van der Waals surface area contributed by atoms with Gasteiger partial charge in [0.15, 0.2) is 5.96 Å². The Labute approximate surface area is 65.8 Å². The number of guanidine groups is 1. The highest BCUT2D eigenvalue weighted by Gasteiger charge is 1.73. The van der Waals surface area contributed by atoms with E-state index in [2.05, 4.69) is 16.5 Å². The molecular weight excluding hydrogens is 140 g/mol. The molecule has 1 rings (SSSR count). The van der Waals surface area contributed by atoms with Gasteiger partial charge in [0.1, 0.15) is 0 Å². The summed E-state index contributed by atoms with van der Waals surface area (Å²) in [5, 5.41) is 6.06. The normalized spacial score (nSPS) is 7.73. The highest BCUT2D eigenvalue weighted by molar-refractivity contribution is 5.71. The van der Waals surface area contributed by atoms with Crippen molar-refractivity contribution in [3.8, 4) is 0 Å². The smallest absolute Gasteiger partial charge is 0.183 e. The Morgan fingerprint density at radius 2 is 2.00 bits per heavy atom. The van der Waals surface area contributed by atoms with Crippen LogP contribution in [0.2, 0.25) is 0 Å². The molecule has 4 nitrogen and oxygen atoms in total. The highest BCUT2D eigenvalue weighted by Crippen LogP contribution is 1.85. The molecule has 0 aliphatic carbocycles. The Kier molecular flexibility index (Phi) is 4.47. The van der Waals surface area contributed by atoms with Crippen LogP contribution in [0.25, 0.3) is 0 Å². The van der Waals surface area contributed by atoms with E-state index in [0.29, 0.717) is 0 Å². The van der Waals surface area contributed by atoms with E-state index in [-0.39, 0.29) is 5.96 Å². The quantitative estimate of drug-likeness (QED) is 0.367. The predicted molar refractivity (Wildman–Crippen MR) is 45.1 cm³/mol. The van der Waals surface area contributed by atoms with E-state index in [0.717, 1.165) is 5.69 Å². The maximum Gasteiger partial charge on any atom is 0.183 e. The second-order valence-corrected chi connectivity index (χ2v) is 1.93. The van der Waals surface area contributed by atoms with Crippen LogP contribution in [0.4, 0.5) is 0 Å². The summed E-state index contributed by atoms with van der Waals surface area (Å²) >= 11 is 0. The largest absolute Gasteiger partial charge is 0.370 e. The first-order chi connectivity index (χ1) is 5.13. The molecular formula is C7H12N4. The minimum atomic E-state index is -0.333. The third-order valence-electron chi connectivity index (χ3n) is 0.813. The topological polar surface area (TPSA) is 88.8 Å². The van der Waals surface area contributed by atoms with Gasteiger partial charge in [-0.2, -0.15) is 0 Å². The van der Waals surface area contributed by atoms with Crippen LogP contribution in [-0.2, 0) is 0 Å². The lowest BCUT2D eigenvalue weighted by atomic mass is 10.4. The molecule has 4 heteroatoms. The van der Waals surface area contributed by atoms with E-state index in [1.807, 2.05) is 25.1 Å². The van der Waals surface area contributed by atoms with Crippen LogP contribution >= 0.6 is 0 Å². The van der Waals surface area contributed by atoms with Crippen molar-refractivity contribution < 1.29 is 0 Å². The molecule has 0 saturated carbocycles. The molecule has 0 amide bonds. The number of aromatic nitrogens is 1. The SMILES string of the molecule is Cc1ccccn1.N=C(N)N. The number of pyridine rings is 1. The van der Waals surface area contributed by atoms with Gasteiger partial charge >= 0.3 is 0 Å². The second kappa shape index (κ2) is 5.22. The number of hydrogen-bond acceptors (Lipinski definition) is 2. The van der Waals surface area contributed by atoms with Crippen molar-refractivity contribution in [3.63, 3.8) is 0 Å². The highest BCUT2D eigenvalue weighted by atomic mass is 14.9. The molecule has 0 fully saturated rings. The summed E-state index contributed by atoms with van der Waals surface area (Å²) in [6.45, 7) is 1.97. The van der Waals surface area contributed by atoms with Gasteiger partial charge in [0.2, 0.25) is 0 Å². The van der Waals surface area contributed by atoms with Gasteiger partial charge in [-0.3, -0.25) is 10.4 Å². The maximum atomic E-state index is 6.06. The van der Waals surface area contributed by atoms with Gasteiger partial charge < -0.3 is 11.5 Å². The van der Waals surface area contributed by atoms with E-state index < -0.39 is 0 Å². The van der Waals surface area contributed by atoms with Crippen LogP contribution in [-0.4, -0.2) is 10.9 Å². The van der Waals surface area contributed by atoms with Crippen LogP contribution < -0.4 is 11.5 Å². The minimum Gasteiger partial charge on any atom is -0.370 e. The molecule has 0 bridgehead atoms. The number of aryl methyl sites for hydroxylation is 1. The van der Waals surface area contributed by atoms with Gasteiger partial charge in [0, 0.05) is 11.9 Å². The predicted octanol–water partition coefficient (Wildman–Crippen LogP) is 0.229. The first kappa shape index (κ1) is 9.42. The van der Waals surface area contributed by atoms with Gasteiger partial charge in [0.05, 0.1) is 0 Å². The Morgan fingerprint density at radius 1 is 1.45 bits per heavy atom. The van der Waals surface area contributed by atoms with Crippen molar-refractivity contribution in [2.45, 2.75) is 6.92 Å². The van der Waals surface area contributed by atoms with E-state index >= 15 is 0 Å². The maximum absolute atomic E-state index is 6.06. The molecule has 0 saturated heterocycles. The average Bonchev–Trinajstić information content (AvgIpc) is 1.87. The summed E-state index contributed by atoms with van der Waals surface area (Å²) < 4.78 is 0. The number of nitrogens with two attached hydrogens (primary N) is 2. The molecule has 1 heterocycles. The molecule has 0 aliphatic rings. The van der Waals surface area contributed by atoms with Crippen LogP contribution in [0.1, 0.15) is 5.69 Å². The zero-order chi connectivity index (χ0) is 8.69.